The molecule has 0 aromatic heterocycles. The van der Waals surface area contributed by atoms with Gasteiger partial charge in [0.25, 0.3) is 0 Å². The lowest BCUT2D eigenvalue weighted by Gasteiger charge is -2.17. The molecule has 4 aromatic carbocycles. The monoisotopic (exact) mass is 400 g/mol. The lowest BCUT2D eigenvalue weighted by atomic mass is 9.92. The maximum Gasteiger partial charge on any atom is 0.131 e. The molecule has 29 heavy (non-hydrogen) atoms. The topological polar surface area (TPSA) is 29.5 Å². The third-order valence-electron chi connectivity index (χ3n) is 5.00. The van der Waals surface area contributed by atoms with Crippen molar-refractivity contribution in [3.63, 3.8) is 0 Å². The van der Waals surface area contributed by atoms with Gasteiger partial charge in [-0.1, -0.05) is 72.8 Å². The molecule has 0 aliphatic rings. The third kappa shape index (κ3) is 3.98. The Labute approximate surface area is 176 Å². The molecular formula is C26H21ClO2. The summed E-state index contributed by atoms with van der Waals surface area (Å²) in [6.45, 7) is 0. The zero-order valence-electron chi connectivity index (χ0n) is 16.0. The van der Waals surface area contributed by atoms with E-state index in [1.807, 2.05) is 97.1 Å². The van der Waals surface area contributed by atoms with Gasteiger partial charge in [-0.3, -0.25) is 0 Å². The standard InChI is InChI=1S/C26H21ClO2/c1-29-22-14-12-20(13-15-22)25(27)21-16-23(18-8-4-2-5-9-18)26(28)24(17-21)19-10-6-3-7-11-19/h2-17,25,28H,1H3. The highest BCUT2D eigenvalue weighted by Crippen LogP contribution is 2.42. The van der Waals surface area contributed by atoms with E-state index in [9.17, 15) is 5.11 Å². The fraction of sp³-hybridized carbons (Fsp3) is 0.0769. The van der Waals surface area contributed by atoms with E-state index in [0.717, 1.165) is 39.1 Å². The summed E-state index contributed by atoms with van der Waals surface area (Å²) in [5.41, 5.74) is 5.32. The molecule has 0 spiro atoms. The number of hydrogen-bond donors (Lipinski definition) is 1. The number of benzene rings is 4. The van der Waals surface area contributed by atoms with Gasteiger partial charge in [0.1, 0.15) is 11.5 Å². The van der Waals surface area contributed by atoms with Gasteiger partial charge in [-0.2, -0.15) is 0 Å². The first-order valence-corrected chi connectivity index (χ1v) is 9.87. The van der Waals surface area contributed by atoms with Gasteiger partial charge >= 0.3 is 0 Å². The summed E-state index contributed by atoms with van der Waals surface area (Å²) in [6.07, 6.45) is 0. The maximum absolute atomic E-state index is 11.1. The minimum Gasteiger partial charge on any atom is -0.507 e. The number of phenolic OH excluding ortho intramolecular Hbond substituents is 1. The average molecular weight is 401 g/mol. The molecular weight excluding hydrogens is 380 g/mol. The molecule has 0 bridgehead atoms. The van der Waals surface area contributed by atoms with Crippen molar-refractivity contribution >= 4 is 11.6 Å². The van der Waals surface area contributed by atoms with Gasteiger partial charge in [0.2, 0.25) is 0 Å². The van der Waals surface area contributed by atoms with E-state index in [1.54, 1.807) is 7.11 Å². The van der Waals surface area contributed by atoms with E-state index in [1.165, 1.54) is 0 Å². The molecule has 4 rings (SSSR count). The summed E-state index contributed by atoms with van der Waals surface area (Å²) < 4.78 is 5.25. The summed E-state index contributed by atoms with van der Waals surface area (Å²) in [5.74, 6) is 1.04. The normalized spacial score (nSPS) is 11.8. The van der Waals surface area contributed by atoms with Gasteiger partial charge < -0.3 is 9.84 Å². The molecule has 0 aliphatic heterocycles. The predicted octanol–water partition coefficient (Wildman–Crippen LogP) is 7.06. The lowest BCUT2D eigenvalue weighted by molar-refractivity contribution is 0.414. The second-order valence-electron chi connectivity index (χ2n) is 6.83. The van der Waals surface area contributed by atoms with Crippen LogP contribution in [-0.2, 0) is 0 Å². The molecule has 0 saturated carbocycles. The van der Waals surface area contributed by atoms with E-state index in [-0.39, 0.29) is 11.1 Å². The van der Waals surface area contributed by atoms with Crippen LogP contribution in [0.25, 0.3) is 22.3 Å². The van der Waals surface area contributed by atoms with Crippen molar-refractivity contribution in [2.75, 3.05) is 7.11 Å². The van der Waals surface area contributed by atoms with Gasteiger partial charge in [0, 0.05) is 11.1 Å². The molecule has 4 aromatic rings. The minimum atomic E-state index is -0.355. The van der Waals surface area contributed by atoms with Crippen LogP contribution in [-0.4, -0.2) is 12.2 Å². The van der Waals surface area contributed by atoms with E-state index in [0.29, 0.717) is 0 Å². The molecule has 1 atom stereocenters. The SMILES string of the molecule is COc1ccc(C(Cl)c2cc(-c3ccccc3)c(O)c(-c3ccccc3)c2)cc1. The van der Waals surface area contributed by atoms with Crippen LogP contribution in [0.5, 0.6) is 11.5 Å². The molecule has 1 unspecified atom stereocenters. The molecule has 0 fully saturated rings. The highest BCUT2D eigenvalue weighted by atomic mass is 35.5. The summed E-state index contributed by atoms with van der Waals surface area (Å²) in [6, 6.07) is 31.4. The highest BCUT2D eigenvalue weighted by Gasteiger charge is 2.18. The summed E-state index contributed by atoms with van der Waals surface area (Å²) in [7, 11) is 1.64. The van der Waals surface area contributed by atoms with Crippen LogP contribution in [0.15, 0.2) is 97.1 Å². The van der Waals surface area contributed by atoms with Crippen molar-refractivity contribution in [1.82, 2.24) is 0 Å². The Balaban J connectivity index is 1.87. The number of ether oxygens (including phenoxy) is 1. The molecule has 0 radical (unpaired) electrons. The van der Waals surface area contributed by atoms with E-state index < -0.39 is 0 Å². The van der Waals surface area contributed by atoms with Gasteiger partial charge in [-0.15, -0.1) is 11.6 Å². The molecule has 0 saturated heterocycles. The molecule has 3 heteroatoms. The Kier molecular flexibility index (Phi) is 5.55. The number of aromatic hydroxyl groups is 1. The Morgan fingerprint density at radius 2 is 1.17 bits per heavy atom. The van der Waals surface area contributed by atoms with Gasteiger partial charge in [0.05, 0.1) is 12.5 Å². The minimum absolute atomic E-state index is 0.254. The van der Waals surface area contributed by atoms with Crippen molar-refractivity contribution in [1.29, 1.82) is 0 Å². The average Bonchev–Trinajstić information content (AvgIpc) is 2.80. The number of hydrogen-bond acceptors (Lipinski definition) is 2. The fourth-order valence-electron chi connectivity index (χ4n) is 3.44. The van der Waals surface area contributed by atoms with Crippen LogP contribution in [0.2, 0.25) is 0 Å². The van der Waals surface area contributed by atoms with Gasteiger partial charge in [-0.05, 0) is 46.5 Å². The predicted molar refractivity (Wildman–Crippen MR) is 120 cm³/mol. The van der Waals surface area contributed by atoms with Crippen molar-refractivity contribution in [3.05, 3.63) is 108 Å². The molecule has 0 aliphatic carbocycles. The van der Waals surface area contributed by atoms with Crippen LogP contribution >= 0.6 is 11.6 Å². The Morgan fingerprint density at radius 1 is 0.690 bits per heavy atom. The van der Waals surface area contributed by atoms with Gasteiger partial charge in [-0.25, -0.2) is 0 Å². The van der Waals surface area contributed by atoms with Crippen LogP contribution in [0, 0.1) is 0 Å². The zero-order valence-corrected chi connectivity index (χ0v) is 16.8. The number of phenols is 1. The number of alkyl halides is 1. The van der Waals surface area contributed by atoms with Crippen LogP contribution in [0.1, 0.15) is 16.5 Å². The molecule has 0 heterocycles. The lowest BCUT2D eigenvalue weighted by Crippen LogP contribution is -1.96. The summed E-state index contributed by atoms with van der Waals surface area (Å²) >= 11 is 6.88. The van der Waals surface area contributed by atoms with Crippen LogP contribution in [0.4, 0.5) is 0 Å². The first-order chi connectivity index (χ1) is 14.2. The second-order valence-corrected chi connectivity index (χ2v) is 7.27. The fourth-order valence-corrected chi connectivity index (χ4v) is 3.72. The number of rotatable bonds is 5. The first-order valence-electron chi connectivity index (χ1n) is 9.43. The van der Waals surface area contributed by atoms with E-state index in [2.05, 4.69) is 0 Å². The van der Waals surface area contributed by atoms with E-state index in [4.69, 9.17) is 16.3 Å². The molecule has 144 valence electrons. The van der Waals surface area contributed by atoms with Crippen molar-refractivity contribution in [3.8, 4) is 33.8 Å². The quantitative estimate of drug-likeness (QED) is 0.363. The summed E-state index contributed by atoms with van der Waals surface area (Å²) in [4.78, 5) is 0. The second kappa shape index (κ2) is 8.42. The van der Waals surface area contributed by atoms with Crippen LogP contribution in [0.3, 0.4) is 0 Å². The van der Waals surface area contributed by atoms with Crippen molar-refractivity contribution in [2.45, 2.75) is 5.38 Å². The van der Waals surface area contributed by atoms with Crippen molar-refractivity contribution < 1.29 is 9.84 Å². The van der Waals surface area contributed by atoms with Crippen LogP contribution < -0.4 is 4.74 Å². The molecule has 0 amide bonds. The Hall–Kier alpha value is -3.23. The third-order valence-corrected chi connectivity index (χ3v) is 5.51. The van der Waals surface area contributed by atoms with E-state index >= 15 is 0 Å². The van der Waals surface area contributed by atoms with Gasteiger partial charge in [0.15, 0.2) is 0 Å². The zero-order chi connectivity index (χ0) is 20.2. The molecule has 1 N–H and O–H groups in total. The first kappa shape index (κ1) is 19.1. The highest BCUT2D eigenvalue weighted by molar-refractivity contribution is 6.22. The smallest absolute Gasteiger partial charge is 0.131 e. The Morgan fingerprint density at radius 3 is 1.62 bits per heavy atom. The Bertz CT molecular complexity index is 1030. The molecule has 2 nitrogen and oxygen atoms in total. The maximum atomic E-state index is 11.1. The number of halogens is 1. The summed E-state index contributed by atoms with van der Waals surface area (Å²) in [5, 5.41) is 10.7. The largest absolute Gasteiger partial charge is 0.507 e. The number of methoxy groups -OCH3 is 1. The van der Waals surface area contributed by atoms with Crippen molar-refractivity contribution in [2.24, 2.45) is 0 Å².